The Bertz CT molecular complexity index is 1290. The Balaban J connectivity index is 1.48. The Morgan fingerprint density at radius 2 is 1.69 bits per heavy atom. The third-order valence-corrected chi connectivity index (χ3v) is 5.62. The zero-order valence-electron chi connectivity index (χ0n) is 19.8. The van der Waals surface area contributed by atoms with Crippen LogP contribution in [-0.2, 0) is 14.4 Å². The van der Waals surface area contributed by atoms with Crippen molar-refractivity contribution in [1.29, 1.82) is 0 Å². The predicted octanol–water partition coefficient (Wildman–Crippen LogP) is 2.67. The molecule has 0 unspecified atom stereocenters. The Hall–Kier alpha value is -4.53. The van der Waals surface area contributed by atoms with E-state index in [2.05, 4.69) is 15.6 Å². The quantitative estimate of drug-likeness (QED) is 0.534. The van der Waals surface area contributed by atoms with Crippen LogP contribution in [0.15, 0.2) is 83.9 Å². The molecule has 184 valence electrons. The third-order valence-electron chi connectivity index (χ3n) is 5.62. The largest absolute Gasteiger partial charge is 0.484 e. The fraction of sp³-hybridized carbons (Fsp3) is 0.185. The first-order chi connectivity index (χ1) is 17.3. The highest BCUT2D eigenvalue weighted by atomic mass is 19.1. The summed E-state index contributed by atoms with van der Waals surface area (Å²) in [6.07, 6.45) is -1.19. The van der Waals surface area contributed by atoms with Crippen LogP contribution in [0, 0.1) is 5.82 Å². The molecular weight excluding hydrogens is 463 g/mol. The normalized spacial score (nSPS) is 15.8. The van der Waals surface area contributed by atoms with E-state index >= 15 is 0 Å². The summed E-state index contributed by atoms with van der Waals surface area (Å²) in [7, 11) is 1.63. The van der Waals surface area contributed by atoms with Crippen molar-refractivity contribution < 1.29 is 23.5 Å². The molecule has 0 saturated carbocycles. The monoisotopic (exact) mass is 488 g/mol. The highest BCUT2D eigenvalue weighted by Crippen LogP contribution is 2.27. The van der Waals surface area contributed by atoms with Crippen molar-refractivity contribution in [2.75, 3.05) is 18.6 Å². The molecule has 1 aliphatic heterocycles. The van der Waals surface area contributed by atoms with Crippen LogP contribution in [0.3, 0.4) is 0 Å². The number of nitrogens with zero attached hydrogens (tertiary/aromatic N) is 2. The first kappa shape index (κ1) is 24.6. The van der Waals surface area contributed by atoms with Crippen LogP contribution >= 0.6 is 0 Å². The number of ether oxygens (including phenoxy) is 1. The maximum absolute atomic E-state index is 13.2. The summed E-state index contributed by atoms with van der Waals surface area (Å²) in [5, 5.41) is 5.17. The molecule has 9 heteroatoms. The second-order valence-electron chi connectivity index (χ2n) is 8.20. The van der Waals surface area contributed by atoms with Crippen LogP contribution in [-0.4, -0.2) is 49.3 Å². The minimum absolute atomic E-state index is 0.318. The molecule has 0 aliphatic carbocycles. The number of hydrogen-bond donors (Lipinski definition) is 2. The Morgan fingerprint density at radius 3 is 2.42 bits per heavy atom. The average Bonchev–Trinajstić information content (AvgIpc) is 2.99. The van der Waals surface area contributed by atoms with Gasteiger partial charge in [0.25, 0.3) is 11.8 Å². The first-order valence-electron chi connectivity index (χ1n) is 11.3. The fourth-order valence-corrected chi connectivity index (χ4v) is 3.73. The molecule has 4 rings (SSSR count). The first-order valence-corrected chi connectivity index (χ1v) is 11.3. The highest BCUT2D eigenvalue weighted by Gasteiger charge is 2.32. The smallest absolute Gasteiger partial charge is 0.272 e. The number of hydrogen-bond acceptors (Lipinski definition) is 5. The van der Waals surface area contributed by atoms with Gasteiger partial charge < -0.3 is 20.3 Å². The number of benzodiazepines with no additional fused rings is 1. The Kier molecular flexibility index (Phi) is 7.39. The van der Waals surface area contributed by atoms with Gasteiger partial charge in [0.2, 0.25) is 12.1 Å². The summed E-state index contributed by atoms with van der Waals surface area (Å²) in [4.78, 5) is 44.5. The minimum Gasteiger partial charge on any atom is -0.484 e. The lowest BCUT2D eigenvalue weighted by Crippen LogP contribution is -2.52. The van der Waals surface area contributed by atoms with Gasteiger partial charge in [-0.2, -0.15) is 0 Å². The van der Waals surface area contributed by atoms with Gasteiger partial charge in [0, 0.05) is 18.2 Å². The van der Waals surface area contributed by atoms with Crippen LogP contribution in [0.25, 0.3) is 0 Å². The molecule has 36 heavy (non-hydrogen) atoms. The zero-order valence-corrected chi connectivity index (χ0v) is 19.8. The number of rotatable bonds is 7. The number of likely N-dealkylation sites (N-methyl/N-ethyl adjacent to an activating group) is 1. The lowest BCUT2D eigenvalue weighted by Gasteiger charge is -2.22. The fourth-order valence-electron chi connectivity index (χ4n) is 3.73. The van der Waals surface area contributed by atoms with E-state index in [0.29, 0.717) is 17.1 Å². The number of halogens is 1. The van der Waals surface area contributed by atoms with Crippen molar-refractivity contribution in [1.82, 2.24) is 10.6 Å². The molecule has 1 heterocycles. The van der Waals surface area contributed by atoms with E-state index in [9.17, 15) is 18.8 Å². The number of anilines is 1. The summed E-state index contributed by atoms with van der Waals surface area (Å²) in [6.45, 7) is 1.13. The van der Waals surface area contributed by atoms with E-state index < -0.39 is 35.7 Å². The lowest BCUT2D eigenvalue weighted by atomic mass is 10.0. The molecule has 0 spiro atoms. The second-order valence-corrected chi connectivity index (χ2v) is 8.20. The average molecular weight is 489 g/mol. The molecule has 1 aliphatic rings. The number of amides is 3. The molecule has 0 aromatic heterocycles. The van der Waals surface area contributed by atoms with Crippen molar-refractivity contribution >= 4 is 29.1 Å². The van der Waals surface area contributed by atoms with Crippen molar-refractivity contribution in [2.45, 2.75) is 19.1 Å². The van der Waals surface area contributed by atoms with Crippen LogP contribution in [0.4, 0.5) is 10.1 Å². The SMILES string of the molecule is C[C@H](NC(=O)COc1ccc(F)cc1)C(=O)N[C@H]1N=C(c2ccccc2)c2ccccc2N(C)C1=O. The number of nitrogens with one attached hydrogen (secondary N) is 2. The molecule has 0 radical (unpaired) electrons. The molecule has 2 atom stereocenters. The summed E-state index contributed by atoms with van der Waals surface area (Å²) in [5.74, 6) is -1.65. The molecule has 3 aromatic rings. The predicted molar refractivity (Wildman–Crippen MR) is 133 cm³/mol. The number of aliphatic imine (C=N–C) groups is 1. The van der Waals surface area contributed by atoms with Gasteiger partial charge in [-0.05, 0) is 37.3 Å². The van der Waals surface area contributed by atoms with Crippen molar-refractivity contribution in [3.8, 4) is 5.75 Å². The van der Waals surface area contributed by atoms with Crippen molar-refractivity contribution in [3.63, 3.8) is 0 Å². The highest BCUT2D eigenvalue weighted by molar-refractivity contribution is 6.20. The minimum atomic E-state index is -1.19. The molecule has 8 nitrogen and oxygen atoms in total. The van der Waals surface area contributed by atoms with Crippen molar-refractivity contribution in [2.24, 2.45) is 4.99 Å². The number of fused-ring (bicyclic) bond motifs is 1. The van der Waals surface area contributed by atoms with E-state index in [1.165, 1.54) is 36.1 Å². The summed E-state index contributed by atoms with van der Waals surface area (Å²) in [6, 6.07) is 21.0. The van der Waals surface area contributed by atoms with Gasteiger partial charge in [-0.1, -0.05) is 48.5 Å². The Labute approximate surface area is 207 Å². The van der Waals surface area contributed by atoms with Gasteiger partial charge in [0.05, 0.1) is 11.4 Å². The van der Waals surface area contributed by atoms with Crippen LogP contribution in [0.1, 0.15) is 18.1 Å². The van der Waals surface area contributed by atoms with Gasteiger partial charge in [-0.15, -0.1) is 0 Å². The number of benzene rings is 3. The van der Waals surface area contributed by atoms with E-state index in [1.54, 1.807) is 7.05 Å². The molecular formula is C27H25FN4O4. The molecule has 0 saturated heterocycles. The molecule has 3 amide bonds. The van der Waals surface area contributed by atoms with Crippen LogP contribution in [0.5, 0.6) is 5.75 Å². The Morgan fingerprint density at radius 1 is 1.03 bits per heavy atom. The van der Waals surface area contributed by atoms with Gasteiger partial charge in [-0.3, -0.25) is 14.4 Å². The standard InChI is InChI=1S/C27H25FN4O4/c1-17(29-23(33)16-36-20-14-12-19(28)13-15-20)26(34)31-25-27(35)32(2)22-11-7-6-10-21(22)24(30-25)18-8-4-3-5-9-18/h3-15,17,25H,16H2,1-2H3,(H,29,33)(H,31,34)/t17-,25+/m0/s1. The maximum atomic E-state index is 13.2. The van der Waals surface area contributed by atoms with E-state index in [0.717, 1.165) is 11.1 Å². The zero-order chi connectivity index (χ0) is 25.7. The maximum Gasteiger partial charge on any atom is 0.272 e. The van der Waals surface area contributed by atoms with Gasteiger partial charge in [0.1, 0.15) is 17.6 Å². The molecule has 0 bridgehead atoms. The van der Waals surface area contributed by atoms with Gasteiger partial charge in [-0.25, -0.2) is 9.38 Å². The van der Waals surface area contributed by atoms with E-state index in [-0.39, 0.29) is 6.61 Å². The third kappa shape index (κ3) is 5.57. The number of carbonyl (C=O) groups is 3. The number of para-hydroxylation sites is 1. The van der Waals surface area contributed by atoms with E-state index in [1.807, 2.05) is 54.6 Å². The van der Waals surface area contributed by atoms with Crippen LogP contribution in [0.2, 0.25) is 0 Å². The lowest BCUT2D eigenvalue weighted by molar-refractivity contribution is -0.131. The number of carbonyl (C=O) groups excluding carboxylic acids is 3. The van der Waals surface area contributed by atoms with Crippen molar-refractivity contribution in [3.05, 3.63) is 95.8 Å². The molecule has 0 fully saturated rings. The van der Waals surface area contributed by atoms with Crippen LogP contribution < -0.4 is 20.3 Å². The van der Waals surface area contributed by atoms with E-state index in [4.69, 9.17) is 4.74 Å². The van der Waals surface area contributed by atoms with Gasteiger partial charge in [0.15, 0.2) is 6.61 Å². The topological polar surface area (TPSA) is 100 Å². The summed E-state index contributed by atoms with van der Waals surface area (Å²) >= 11 is 0. The summed E-state index contributed by atoms with van der Waals surface area (Å²) in [5.41, 5.74) is 2.79. The second kappa shape index (κ2) is 10.8. The molecule has 3 aromatic carbocycles. The van der Waals surface area contributed by atoms with Gasteiger partial charge >= 0.3 is 0 Å². The summed E-state index contributed by atoms with van der Waals surface area (Å²) < 4.78 is 18.3. The molecule has 2 N–H and O–H groups in total.